The van der Waals surface area contributed by atoms with Crippen molar-refractivity contribution in [1.82, 2.24) is 0 Å². The van der Waals surface area contributed by atoms with Crippen molar-refractivity contribution in [2.24, 2.45) is 0 Å². The first-order valence-electron chi connectivity index (χ1n) is 8.94. The number of esters is 2. The number of hydrogen-bond donors (Lipinski definition) is 1. The van der Waals surface area contributed by atoms with Crippen molar-refractivity contribution in [3.63, 3.8) is 0 Å². The Hall–Kier alpha value is -3.07. The molecule has 2 aromatic carbocycles. The van der Waals surface area contributed by atoms with E-state index < -0.39 is 28.6 Å². The van der Waals surface area contributed by atoms with E-state index in [1.807, 2.05) is 6.92 Å². The highest BCUT2D eigenvalue weighted by Crippen LogP contribution is 2.22. The fourth-order valence-corrected chi connectivity index (χ4v) is 3.41. The summed E-state index contributed by atoms with van der Waals surface area (Å²) in [6.45, 7) is 5.06. The summed E-state index contributed by atoms with van der Waals surface area (Å²) in [6.07, 6.45) is -0.339. The highest BCUT2D eigenvalue weighted by molar-refractivity contribution is 7.92. The summed E-state index contributed by atoms with van der Waals surface area (Å²) in [5, 5.41) is 0. The summed E-state index contributed by atoms with van der Waals surface area (Å²) in [4.78, 5) is 23.9. The van der Waals surface area contributed by atoms with Crippen LogP contribution in [0.2, 0.25) is 0 Å². The number of rotatable bonds is 9. The van der Waals surface area contributed by atoms with Gasteiger partial charge in [0.15, 0.2) is 6.61 Å². The lowest BCUT2D eigenvalue weighted by atomic mass is 10.2. The fraction of sp³-hybridized carbons (Fsp3) is 0.300. The predicted octanol–water partition coefficient (Wildman–Crippen LogP) is 2.99. The van der Waals surface area contributed by atoms with Gasteiger partial charge in [-0.1, -0.05) is 12.1 Å². The average molecular weight is 421 g/mol. The van der Waals surface area contributed by atoms with Crippen LogP contribution in [0.15, 0.2) is 53.4 Å². The van der Waals surface area contributed by atoms with Gasteiger partial charge in [-0.05, 0) is 57.2 Å². The largest absolute Gasteiger partial charge is 0.494 e. The summed E-state index contributed by atoms with van der Waals surface area (Å²) in [5.41, 5.74) is 0.00275. The summed E-state index contributed by atoms with van der Waals surface area (Å²) in [7, 11) is -3.95. The molecule has 0 unspecified atom stereocenters. The molecule has 8 nitrogen and oxygen atoms in total. The topological polar surface area (TPSA) is 108 Å². The molecule has 0 spiro atoms. The molecule has 0 saturated carbocycles. The number of carbonyl (C=O) groups is 2. The monoisotopic (exact) mass is 421 g/mol. The number of sulfonamides is 1. The molecule has 9 heteroatoms. The van der Waals surface area contributed by atoms with Gasteiger partial charge in [0.05, 0.1) is 28.9 Å². The van der Waals surface area contributed by atoms with Crippen LogP contribution in [0.4, 0.5) is 5.69 Å². The van der Waals surface area contributed by atoms with Crippen LogP contribution >= 0.6 is 0 Å². The molecular formula is C20H23NO7S. The maximum atomic E-state index is 12.7. The average Bonchev–Trinajstić information content (AvgIpc) is 2.66. The summed E-state index contributed by atoms with van der Waals surface area (Å²) < 4.78 is 42.8. The fourth-order valence-electron chi connectivity index (χ4n) is 2.33. The van der Waals surface area contributed by atoms with E-state index >= 15 is 0 Å². The van der Waals surface area contributed by atoms with E-state index in [-0.39, 0.29) is 22.3 Å². The number of ether oxygens (including phenoxy) is 3. The van der Waals surface area contributed by atoms with Crippen LogP contribution in [0.1, 0.15) is 31.1 Å². The molecule has 0 saturated heterocycles. The Morgan fingerprint density at radius 2 is 1.69 bits per heavy atom. The molecule has 156 valence electrons. The summed E-state index contributed by atoms with van der Waals surface area (Å²) in [6, 6.07) is 11.8. The van der Waals surface area contributed by atoms with Gasteiger partial charge in [-0.25, -0.2) is 18.0 Å². The highest BCUT2D eigenvalue weighted by Gasteiger charge is 2.20. The van der Waals surface area contributed by atoms with Gasteiger partial charge in [0, 0.05) is 0 Å². The summed E-state index contributed by atoms with van der Waals surface area (Å²) in [5.74, 6) is -1.000. The summed E-state index contributed by atoms with van der Waals surface area (Å²) >= 11 is 0. The molecule has 0 atom stereocenters. The minimum atomic E-state index is -3.95. The highest BCUT2D eigenvalue weighted by atomic mass is 32.2. The molecule has 0 aliphatic carbocycles. The Morgan fingerprint density at radius 1 is 1.03 bits per heavy atom. The Morgan fingerprint density at radius 3 is 2.31 bits per heavy atom. The molecule has 0 aromatic heterocycles. The first-order valence-corrected chi connectivity index (χ1v) is 10.4. The van der Waals surface area contributed by atoms with Crippen molar-refractivity contribution in [3.05, 3.63) is 54.1 Å². The first kappa shape index (κ1) is 22.2. The molecule has 0 bridgehead atoms. The molecular weight excluding hydrogens is 398 g/mol. The van der Waals surface area contributed by atoms with Gasteiger partial charge in [0.2, 0.25) is 0 Å². The predicted molar refractivity (Wildman–Crippen MR) is 106 cm³/mol. The van der Waals surface area contributed by atoms with Crippen LogP contribution < -0.4 is 9.46 Å². The van der Waals surface area contributed by atoms with Gasteiger partial charge in [0.25, 0.3) is 10.0 Å². The van der Waals surface area contributed by atoms with Crippen molar-refractivity contribution in [2.45, 2.75) is 31.8 Å². The zero-order valence-corrected chi connectivity index (χ0v) is 17.2. The second kappa shape index (κ2) is 9.92. The smallest absolute Gasteiger partial charge is 0.344 e. The molecule has 0 amide bonds. The van der Waals surface area contributed by atoms with E-state index in [4.69, 9.17) is 14.2 Å². The van der Waals surface area contributed by atoms with E-state index in [2.05, 4.69) is 4.72 Å². The first-order chi connectivity index (χ1) is 13.7. The van der Waals surface area contributed by atoms with Gasteiger partial charge >= 0.3 is 11.9 Å². The van der Waals surface area contributed by atoms with Crippen LogP contribution in [-0.4, -0.2) is 39.7 Å². The van der Waals surface area contributed by atoms with E-state index in [9.17, 15) is 18.0 Å². The molecule has 0 radical (unpaired) electrons. The second-order valence-electron chi connectivity index (χ2n) is 6.17. The number of carbonyl (C=O) groups excluding carboxylic acids is 2. The molecule has 0 heterocycles. The van der Waals surface area contributed by atoms with Crippen molar-refractivity contribution in [1.29, 1.82) is 0 Å². The van der Waals surface area contributed by atoms with Crippen molar-refractivity contribution in [2.75, 3.05) is 17.9 Å². The number of benzene rings is 2. The van der Waals surface area contributed by atoms with Gasteiger partial charge in [-0.3, -0.25) is 4.72 Å². The van der Waals surface area contributed by atoms with Crippen LogP contribution in [0.3, 0.4) is 0 Å². The maximum Gasteiger partial charge on any atom is 0.344 e. The molecule has 2 aromatic rings. The number of para-hydroxylation sites is 1. The number of nitrogens with one attached hydrogen (secondary N) is 1. The van der Waals surface area contributed by atoms with Crippen LogP contribution in [0, 0.1) is 0 Å². The molecule has 2 rings (SSSR count). The second-order valence-corrected chi connectivity index (χ2v) is 7.85. The zero-order valence-electron chi connectivity index (χ0n) is 16.4. The minimum Gasteiger partial charge on any atom is -0.494 e. The molecule has 0 aliphatic rings. The number of anilines is 1. The van der Waals surface area contributed by atoms with E-state index in [0.29, 0.717) is 12.4 Å². The lowest BCUT2D eigenvalue weighted by molar-refractivity contribution is -0.150. The van der Waals surface area contributed by atoms with Crippen LogP contribution in [-0.2, 0) is 24.3 Å². The quantitative estimate of drug-likeness (QED) is 0.620. The van der Waals surface area contributed by atoms with E-state index in [0.717, 1.165) is 0 Å². The standard InChI is InChI=1S/C20H23NO7S/c1-4-26-15-9-11-16(12-10-15)29(24,25)21-18-8-6-5-7-17(18)20(23)27-13-19(22)28-14(2)3/h5-12,14,21H,4,13H2,1-3H3. The van der Waals surface area contributed by atoms with Crippen LogP contribution in [0.5, 0.6) is 5.75 Å². The molecule has 1 N–H and O–H groups in total. The maximum absolute atomic E-state index is 12.7. The zero-order chi connectivity index (χ0) is 21.4. The Kier molecular flexibility index (Phi) is 7.60. The van der Waals surface area contributed by atoms with Crippen LogP contribution in [0.25, 0.3) is 0 Å². The van der Waals surface area contributed by atoms with Crippen molar-refractivity contribution < 1.29 is 32.2 Å². The third-order valence-electron chi connectivity index (χ3n) is 3.52. The lowest BCUT2D eigenvalue weighted by Crippen LogP contribution is -2.21. The molecule has 0 fully saturated rings. The molecule has 29 heavy (non-hydrogen) atoms. The van der Waals surface area contributed by atoms with E-state index in [1.54, 1.807) is 38.1 Å². The van der Waals surface area contributed by atoms with Gasteiger partial charge < -0.3 is 14.2 Å². The normalized spacial score (nSPS) is 11.0. The third kappa shape index (κ3) is 6.49. The third-order valence-corrected chi connectivity index (χ3v) is 4.91. The van der Waals surface area contributed by atoms with Gasteiger partial charge in [-0.2, -0.15) is 0 Å². The molecule has 0 aliphatic heterocycles. The minimum absolute atomic E-state index is 0.00429. The van der Waals surface area contributed by atoms with Crippen molar-refractivity contribution >= 4 is 27.6 Å². The SMILES string of the molecule is CCOc1ccc(S(=O)(=O)Nc2ccccc2C(=O)OCC(=O)OC(C)C)cc1. The number of hydrogen-bond acceptors (Lipinski definition) is 7. The Labute approximate surface area is 169 Å². The lowest BCUT2D eigenvalue weighted by Gasteiger charge is -2.13. The Bertz CT molecular complexity index is 953. The van der Waals surface area contributed by atoms with Crippen molar-refractivity contribution in [3.8, 4) is 5.75 Å². The van der Waals surface area contributed by atoms with Gasteiger partial charge in [-0.15, -0.1) is 0 Å². The van der Waals surface area contributed by atoms with Gasteiger partial charge in [0.1, 0.15) is 5.75 Å². The Balaban J connectivity index is 2.15. The van der Waals surface area contributed by atoms with E-state index in [1.165, 1.54) is 24.3 Å².